The molecule has 142 valence electrons. The summed E-state index contributed by atoms with van der Waals surface area (Å²) in [5.41, 5.74) is 1.99. The number of alkyl halides is 3. The average Bonchev–Trinajstić information content (AvgIpc) is 2.59. The molecular weight excluding hydrogens is 351 g/mol. The van der Waals surface area contributed by atoms with Gasteiger partial charge in [-0.05, 0) is 37.1 Å². The van der Waals surface area contributed by atoms with E-state index in [4.69, 9.17) is 5.41 Å². The molecule has 1 saturated heterocycles. The summed E-state index contributed by atoms with van der Waals surface area (Å²) in [6.07, 6.45) is -4.38. The van der Waals surface area contributed by atoms with Crippen LogP contribution < -0.4 is 5.32 Å². The van der Waals surface area contributed by atoms with Crippen LogP contribution in [0.3, 0.4) is 0 Å². The summed E-state index contributed by atoms with van der Waals surface area (Å²) in [7, 11) is 1.73. The number of rotatable bonds is 2. The molecule has 0 saturated carbocycles. The van der Waals surface area contributed by atoms with E-state index >= 15 is 0 Å². The van der Waals surface area contributed by atoms with Crippen LogP contribution in [0.4, 0.5) is 13.2 Å². The van der Waals surface area contributed by atoms with E-state index < -0.39 is 17.3 Å². The Labute approximate surface area is 157 Å². The van der Waals surface area contributed by atoms with E-state index in [-0.39, 0.29) is 11.9 Å². The number of guanidine groups is 1. The van der Waals surface area contributed by atoms with Crippen molar-refractivity contribution in [3.05, 3.63) is 83.1 Å². The standard InChI is InChI=1S/C21H22F3N3/c1-13-6-5-7-17(12-13)20(3)18(14(2)27(4)19(25)26-20)15-8-10-16(11-9-15)21(22,23)24/h5-12,18H,2H2,1,3-4H3,(H2,25,26)/t18-,20+/m0/s1. The summed E-state index contributed by atoms with van der Waals surface area (Å²) in [6, 6.07) is 13.1. The van der Waals surface area contributed by atoms with Crippen molar-refractivity contribution in [2.24, 2.45) is 0 Å². The molecule has 3 nitrogen and oxygen atoms in total. The SMILES string of the molecule is C=C1[C@@H](c2ccc(C(F)(F)F)cc2)[C@@](C)(c2cccc(C)c2)NC(=N)N1C. The van der Waals surface area contributed by atoms with Crippen molar-refractivity contribution in [3.8, 4) is 0 Å². The molecule has 6 heteroatoms. The van der Waals surface area contributed by atoms with E-state index in [2.05, 4.69) is 11.9 Å². The van der Waals surface area contributed by atoms with Crippen LogP contribution in [-0.2, 0) is 11.7 Å². The Bertz CT molecular complexity index is 886. The lowest BCUT2D eigenvalue weighted by Gasteiger charge is -2.48. The summed E-state index contributed by atoms with van der Waals surface area (Å²) in [5, 5.41) is 11.5. The van der Waals surface area contributed by atoms with Crippen LogP contribution >= 0.6 is 0 Å². The molecule has 27 heavy (non-hydrogen) atoms. The summed E-state index contributed by atoms with van der Waals surface area (Å²) in [6.45, 7) is 8.08. The first-order valence-corrected chi connectivity index (χ1v) is 8.57. The van der Waals surface area contributed by atoms with Crippen LogP contribution in [-0.4, -0.2) is 17.9 Å². The molecule has 0 radical (unpaired) electrons. The van der Waals surface area contributed by atoms with Crippen molar-refractivity contribution in [2.45, 2.75) is 31.5 Å². The number of halogens is 3. The van der Waals surface area contributed by atoms with Gasteiger partial charge in [0.25, 0.3) is 0 Å². The zero-order chi connectivity index (χ0) is 20.0. The van der Waals surface area contributed by atoms with Gasteiger partial charge in [0.1, 0.15) is 0 Å². The van der Waals surface area contributed by atoms with E-state index in [0.29, 0.717) is 11.3 Å². The number of nitrogens with one attached hydrogen (secondary N) is 2. The molecule has 2 aromatic carbocycles. The molecule has 3 rings (SSSR count). The molecule has 2 N–H and O–H groups in total. The summed E-state index contributed by atoms with van der Waals surface area (Å²) in [4.78, 5) is 1.62. The highest BCUT2D eigenvalue weighted by atomic mass is 19.4. The Morgan fingerprint density at radius 3 is 2.33 bits per heavy atom. The molecule has 2 aromatic rings. The second-order valence-corrected chi connectivity index (χ2v) is 7.15. The summed E-state index contributed by atoms with van der Waals surface area (Å²) in [5.74, 6) is -0.132. The van der Waals surface area contributed by atoms with Gasteiger partial charge < -0.3 is 10.2 Å². The third-order valence-corrected chi connectivity index (χ3v) is 5.24. The smallest absolute Gasteiger partial charge is 0.346 e. The van der Waals surface area contributed by atoms with Crippen molar-refractivity contribution in [1.29, 1.82) is 5.41 Å². The van der Waals surface area contributed by atoms with Crippen LogP contribution in [0.1, 0.15) is 35.1 Å². The molecule has 0 bridgehead atoms. The number of aryl methyl sites for hydroxylation is 1. The van der Waals surface area contributed by atoms with Crippen LogP contribution in [0, 0.1) is 12.3 Å². The van der Waals surface area contributed by atoms with E-state index in [0.717, 1.165) is 23.3 Å². The van der Waals surface area contributed by atoms with Crippen LogP contribution in [0.15, 0.2) is 60.8 Å². The molecule has 0 spiro atoms. The maximum absolute atomic E-state index is 12.9. The highest BCUT2D eigenvalue weighted by molar-refractivity contribution is 5.82. The first kappa shape index (κ1) is 19.0. The van der Waals surface area contributed by atoms with Crippen molar-refractivity contribution >= 4 is 5.96 Å². The van der Waals surface area contributed by atoms with Crippen LogP contribution in [0.5, 0.6) is 0 Å². The lowest BCUT2D eigenvalue weighted by Crippen LogP contribution is -2.58. The highest BCUT2D eigenvalue weighted by Gasteiger charge is 2.45. The molecule has 0 aliphatic carbocycles. The largest absolute Gasteiger partial charge is 0.416 e. The predicted molar refractivity (Wildman–Crippen MR) is 100 cm³/mol. The normalized spacial score (nSPS) is 23.3. The van der Waals surface area contributed by atoms with E-state index in [1.807, 2.05) is 38.1 Å². The van der Waals surface area contributed by atoms with Gasteiger partial charge in [-0.25, -0.2) is 0 Å². The van der Waals surface area contributed by atoms with Crippen molar-refractivity contribution in [3.63, 3.8) is 0 Å². The molecule has 0 amide bonds. The molecule has 1 aliphatic rings. The molecule has 1 fully saturated rings. The second kappa shape index (κ2) is 6.44. The first-order chi connectivity index (χ1) is 12.5. The summed E-state index contributed by atoms with van der Waals surface area (Å²) >= 11 is 0. The van der Waals surface area contributed by atoms with Gasteiger partial charge in [0, 0.05) is 12.7 Å². The minimum absolute atomic E-state index is 0.201. The molecule has 1 heterocycles. The molecule has 2 atom stereocenters. The van der Waals surface area contributed by atoms with Crippen LogP contribution in [0.2, 0.25) is 0 Å². The Morgan fingerprint density at radius 1 is 1.15 bits per heavy atom. The molecule has 0 aromatic heterocycles. The number of benzene rings is 2. The fraction of sp³-hybridized carbons (Fsp3) is 0.286. The van der Waals surface area contributed by atoms with Crippen molar-refractivity contribution in [2.75, 3.05) is 7.05 Å². The first-order valence-electron chi connectivity index (χ1n) is 8.57. The zero-order valence-corrected chi connectivity index (χ0v) is 15.5. The van der Waals surface area contributed by atoms with Gasteiger partial charge in [0.05, 0.1) is 17.0 Å². The minimum Gasteiger partial charge on any atom is -0.346 e. The van der Waals surface area contributed by atoms with Gasteiger partial charge in [0.15, 0.2) is 5.96 Å². The maximum atomic E-state index is 12.9. The van der Waals surface area contributed by atoms with Crippen molar-refractivity contribution in [1.82, 2.24) is 10.2 Å². The number of hydrogen-bond acceptors (Lipinski definition) is 1. The van der Waals surface area contributed by atoms with Gasteiger partial charge >= 0.3 is 6.18 Å². The van der Waals surface area contributed by atoms with Gasteiger partial charge in [-0.2, -0.15) is 13.2 Å². The fourth-order valence-corrected chi connectivity index (χ4v) is 3.67. The Kier molecular flexibility index (Phi) is 4.54. The third-order valence-electron chi connectivity index (χ3n) is 5.24. The summed E-state index contributed by atoms with van der Waals surface area (Å²) < 4.78 is 38.8. The average molecular weight is 373 g/mol. The molecular formula is C21H22F3N3. The molecule has 1 aliphatic heterocycles. The van der Waals surface area contributed by atoms with Gasteiger partial charge in [-0.3, -0.25) is 5.41 Å². The lowest BCUT2D eigenvalue weighted by molar-refractivity contribution is -0.137. The molecule has 0 unspecified atom stereocenters. The number of hydrogen-bond donors (Lipinski definition) is 2. The van der Waals surface area contributed by atoms with Crippen molar-refractivity contribution < 1.29 is 13.2 Å². The number of nitrogens with zero attached hydrogens (tertiary/aromatic N) is 1. The second-order valence-electron chi connectivity index (χ2n) is 7.15. The lowest BCUT2D eigenvalue weighted by atomic mass is 9.72. The van der Waals surface area contributed by atoms with Crippen LogP contribution in [0.25, 0.3) is 0 Å². The van der Waals surface area contributed by atoms with E-state index in [1.165, 1.54) is 12.1 Å². The Balaban J connectivity index is 2.13. The van der Waals surface area contributed by atoms with E-state index in [9.17, 15) is 13.2 Å². The zero-order valence-electron chi connectivity index (χ0n) is 15.5. The maximum Gasteiger partial charge on any atom is 0.416 e. The fourth-order valence-electron chi connectivity index (χ4n) is 3.67. The monoisotopic (exact) mass is 373 g/mol. The highest BCUT2D eigenvalue weighted by Crippen LogP contribution is 2.45. The quantitative estimate of drug-likeness (QED) is 0.778. The number of likely N-dealkylation sites (N-methyl/N-ethyl adjacent to an activating group) is 1. The van der Waals surface area contributed by atoms with Gasteiger partial charge in [-0.1, -0.05) is 48.5 Å². The minimum atomic E-state index is -4.38. The van der Waals surface area contributed by atoms with E-state index in [1.54, 1.807) is 11.9 Å². The topological polar surface area (TPSA) is 39.1 Å². The Hall–Kier alpha value is -2.76. The Morgan fingerprint density at radius 2 is 1.78 bits per heavy atom. The van der Waals surface area contributed by atoms with Gasteiger partial charge in [0.2, 0.25) is 0 Å². The van der Waals surface area contributed by atoms with Gasteiger partial charge in [-0.15, -0.1) is 0 Å². The third kappa shape index (κ3) is 3.31. The predicted octanol–water partition coefficient (Wildman–Crippen LogP) is 5.00.